The number of hydrogen-bond donors (Lipinski definition) is 1. The van der Waals surface area contributed by atoms with E-state index in [2.05, 4.69) is 17.4 Å². The van der Waals surface area contributed by atoms with Gasteiger partial charge in [0, 0.05) is 17.5 Å². The Morgan fingerprint density at radius 2 is 1.94 bits per heavy atom. The van der Waals surface area contributed by atoms with Crippen molar-refractivity contribution in [3.8, 4) is 11.5 Å². The van der Waals surface area contributed by atoms with Gasteiger partial charge in [-0.25, -0.2) is 0 Å². The molecule has 0 aromatic heterocycles. The first-order chi connectivity index (χ1) is 7.80. The fourth-order valence-electron chi connectivity index (χ4n) is 2.00. The molecule has 0 fully saturated rings. The zero-order valence-corrected chi connectivity index (χ0v) is 10.7. The molecule has 1 N–H and O–H groups in total. The zero-order valence-electron chi connectivity index (χ0n) is 9.87. The molecule has 1 aromatic carbocycles. The van der Waals surface area contributed by atoms with Crippen LogP contribution in [0.25, 0.3) is 0 Å². The van der Waals surface area contributed by atoms with Crippen LogP contribution >= 0.6 is 11.8 Å². The molecule has 0 radical (unpaired) electrons. The summed E-state index contributed by atoms with van der Waals surface area (Å²) in [5.74, 6) is 3.79. The molecule has 0 bridgehead atoms. The van der Waals surface area contributed by atoms with E-state index in [0.29, 0.717) is 6.04 Å². The third-order valence-corrected chi connectivity index (χ3v) is 4.00. The molecule has 1 aromatic rings. The Kier molecular flexibility index (Phi) is 3.61. The Balaban J connectivity index is 2.46. The van der Waals surface area contributed by atoms with E-state index in [1.54, 1.807) is 14.2 Å². The van der Waals surface area contributed by atoms with Crippen molar-refractivity contribution in [2.45, 2.75) is 11.8 Å². The maximum absolute atomic E-state index is 5.34. The van der Waals surface area contributed by atoms with Crippen LogP contribution in [0.3, 0.4) is 0 Å². The summed E-state index contributed by atoms with van der Waals surface area (Å²) < 4.78 is 10.7. The summed E-state index contributed by atoms with van der Waals surface area (Å²) in [5, 5.41) is 3.33. The number of fused-ring (bicyclic) bond motifs is 1. The molecule has 1 aliphatic heterocycles. The van der Waals surface area contributed by atoms with Gasteiger partial charge in [-0.3, -0.25) is 0 Å². The monoisotopic (exact) mass is 239 g/mol. The van der Waals surface area contributed by atoms with Crippen molar-refractivity contribution in [2.75, 3.05) is 27.0 Å². The van der Waals surface area contributed by atoms with Crippen LogP contribution in [0, 0.1) is 0 Å². The lowest BCUT2D eigenvalue weighted by atomic mass is 10.0. The normalized spacial score (nSPS) is 19.1. The minimum atomic E-state index is 0.411. The average molecular weight is 239 g/mol. The van der Waals surface area contributed by atoms with Crippen molar-refractivity contribution < 1.29 is 9.47 Å². The molecule has 0 saturated carbocycles. The van der Waals surface area contributed by atoms with Crippen LogP contribution < -0.4 is 14.8 Å². The quantitative estimate of drug-likeness (QED) is 0.876. The predicted molar refractivity (Wildman–Crippen MR) is 67.5 cm³/mol. The molecule has 0 aliphatic carbocycles. The van der Waals surface area contributed by atoms with Gasteiger partial charge in [0.25, 0.3) is 0 Å². The van der Waals surface area contributed by atoms with E-state index in [9.17, 15) is 0 Å². The molecule has 1 aliphatic rings. The molecular formula is C12H17NO2S. The highest BCUT2D eigenvalue weighted by Gasteiger charge is 2.21. The number of rotatable bonds is 3. The molecule has 0 spiro atoms. The second-order valence-corrected chi connectivity index (χ2v) is 4.79. The number of thioether (sulfide) groups is 1. The summed E-state index contributed by atoms with van der Waals surface area (Å²) in [4.78, 5) is 0. The Morgan fingerprint density at radius 3 is 2.56 bits per heavy atom. The van der Waals surface area contributed by atoms with Gasteiger partial charge < -0.3 is 14.8 Å². The minimum Gasteiger partial charge on any atom is -0.493 e. The van der Waals surface area contributed by atoms with Gasteiger partial charge in [-0.15, -0.1) is 0 Å². The molecule has 0 amide bonds. The summed E-state index contributed by atoms with van der Waals surface area (Å²) in [7, 11) is 5.35. The lowest BCUT2D eigenvalue weighted by Crippen LogP contribution is -2.23. The van der Waals surface area contributed by atoms with Gasteiger partial charge in [0.2, 0.25) is 0 Å². The Labute approximate surface area is 101 Å². The van der Waals surface area contributed by atoms with Crippen molar-refractivity contribution in [3.63, 3.8) is 0 Å². The fourth-order valence-corrected chi connectivity index (χ4v) is 3.17. The van der Waals surface area contributed by atoms with Crippen LogP contribution in [0.2, 0.25) is 0 Å². The van der Waals surface area contributed by atoms with E-state index in [-0.39, 0.29) is 0 Å². The average Bonchev–Trinajstić information content (AvgIpc) is 2.36. The fraction of sp³-hybridized carbons (Fsp3) is 0.500. The van der Waals surface area contributed by atoms with Crippen LogP contribution in [-0.4, -0.2) is 27.0 Å². The van der Waals surface area contributed by atoms with Crippen LogP contribution in [0.1, 0.15) is 17.2 Å². The maximum Gasteiger partial charge on any atom is 0.161 e. The summed E-state index contributed by atoms with van der Waals surface area (Å²) in [5.41, 5.74) is 2.67. The molecule has 1 atom stereocenters. The Bertz CT molecular complexity index is 382. The first kappa shape index (κ1) is 11.6. The van der Waals surface area contributed by atoms with E-state index < -0.39 is 0 Å². The van der Waals surface area contributed by atoms with Crippen molar-refractivity contribution in [2.24, 2.45) is 0 Å². The van der Waals surface area contributed by atoms with Gasteiger partial charge in [0.1, 0.15) is 0 Å². The topological polar surface area (TPSA) is 30.5 Å². The summed E-state index contributed by atoms with van der Waals surface area (Å²) >= 11 is 1.94. The highest BCUT2D eigenvalue weighted by Crippen LogP contribution is 2.38. The third-order valence-electron chi connectivity index (χ3n) is 2.91. The number of ether oxygens (including phenoxy) is 2. The van der Waals surface area contributed by atoms with E-state index in [4.69, 9.17) is 9.47 Å². The molecule has 1 heterocycles. The summed E-state index contributed by atoms with van der Waals surface area (Å²) in [6, 6.07) is 4.59. The molecule has 2 rings (SSSR count). The Morgan fingerprint density at radius 1 is 1.25 bits per heavy atom. The zero-order chi connectivity index (χ0) is 11.5. The lowest BCUT2D eigenvalue weighted by molar-refractivity contribution is 0.353. The molecule has 88 valence electrons. The van der Waals surface area contributed by atoms with E-state index in [1.165, 1.54) is 11.1 Å². The van der Waals surface area contributed by atoms with Gasteiger partial charge in [0.05, 0.1) is 14.2 Å². The largest absolute Gasteiger partial charge is 0.493 e. The molecule has 3 nitrogen and oxygen atoms in total. The van der Waals surface area contributed by atoms with Gasteiger partial charge in [-0.2, -0.15) is 11.8 Å². The third kappa shape index (κ3) is 1.99. The van der Waals surface area contributed by atoms with Crippen LogP contribution in [0.15, 0.2) is 12.1 Å². The molecule has 4 heteroatoms. The van der Waals surface area contributed by atoms with Gasteiger partial charge in [-0.1, -0.05) is 0 Å². The number of hydrogen-bond acceptors (Lipinski definition) is 4. The van der Waals surface area contributed by atoms with E-state index in [1.807, 2.05) is 18.8 Å². The molecule has 16 heavy (non-hydrogen) atoms. The van der Waals surface area contributed by atoms with Gasteiger partial charge in [0.15, 0.2) is 11.5 Å². The summed E-state index contributed by atoms with van der Waals surface area (Å²) in [6.45, 7) is 0. The van der Waals surface area contributed by atoms with Crippen LogP contribution in [0.4, 0.5) is 0 Å². The SMILES string of the molecule is CNC1CSCc2cc(OC)c(OC)cc21. The predicted octanol–water partition coefficient (Wildman–Crippen LogP) is 2.21. The maximum atomic E-state index is 5.34. The molecule has 0 saturated heterocycles. The minimum absolute atomic E-state index is 0.411. The van der Waals surface area contributed by atoms with Crippen molar-refractivity contribution in [1.29, 1.82) is 0 Å². The van der Waals surface area contributed by atoms with Gasteiger partial charge in [-0.05, 0) is 30.3 Å². The van der Waals surface area contributed by atoms with Crippen molar-refractivity contribution in [1.82, 2.24) is 5.32 Å². The van der Waals surface area contributed by atoms with Crippen molar-refractivity contribution in [3.05, 3.63) is 23.3 Å². The summed E-state index contributed by atoms with van der Waals surface area (Å²) in [6.07, 6.45) is 0. The number of nitrogens with one attached hydrogen (secondary N) is 1. The van der Waals surface area contributed by atoms with E-state index >= 15 is 0 Å². The van der Waals surface area contributed by atoms with Crippen LogP contribution in [-0.2, 0) is 5.75 Å². The molecular weight excluding hydrogens is 222 g/mol. The van der Waals surface area contributed by atoms with E-state index in [0.717, 1.165) is 23.0 Å². The number of methoxy groups -OCH3 is 2. The highest BCUT2D eigenvalue weighted by molar-refractivity contribution is 7.98. The van der Waals surface area contributed by atoms with Gasteiger partial charge >= 0.3 is 0 Å². The first-order valence-corrected chi connectivity index (χ1v) is 6.45. The van der Waals surface area contributed by atoms with Crippen molar-refractivity contribution >= 4 is 11.8 Å². The second kappa shape index (κ2) is 4.97. The second-order valence-electron chi connectivity index (χ2n) is 3.76. The standard InChI is InChI=1S/C12H17NO2S/c1-13-10-7-16-6-8-4-11(14-2)12(15-3)5-9(8)10/h4-5,10,13H,6-7H2,1-3H3. The Hall–Kier alpha value is -0.870. The first-order valence-electron chi connectivity index (χ1n) is 5.30. The van der Waals surface area contributed by atoms with Crippen LogP contribution in [0.5, 0.6) is 11.5 Å². The smallest absolute Gasteiger partial charge is 0.161 e. The number of benzene rings is 1. The highest BCUT2D eigenvalue weighted by atomic mass is 32.2. The lowest BCUT2D eigenvalue weighted by Gasteiger charge is -2.26. The molecule has 1 unspecified atom stereocenters.